The second kappa shape index (κ2) is 8.08. The minimum Gasteiger partial charge on any atom is -0.487 e. The van der Waals surface area contributed by atoms with Crippen molar-refractivity contribution in [1.29, 1.82) is 0 Å². The Kier molecular flexibility index (Phi) is 5.98. The summed E-state index contributed by atoms with van der Waals surface area (Å²) in [4.78, 5) is 11.8. The number of allylic oxidation sites excluding steroid dienone is 2. The Hall–Kier alpha value is -1.77. The summed E-state index contributed by atoms with van der Waals surface area (Å²) in [5.41, 5.74) is 3.50. The van der Waals surface area contributed by atoms with Gasteiger partial charge in [-0.1, -0.05) is 37.8 Å². The molecule has 0 aromatic heterocycles. The molecule has 3 nitrogen and oxygen atoms in total. The summed E-state index contributed by atoms with van der Waals surface area (Å²) >= 11 is 0. The SMILES string of the molecule is CCCCCCc1cc(OC(C)=O)c2c(c1)OC(C)(C)[C@@H]1CC=C(C)C[C@@H]21. The summed E-state index contributed by atoms with van der Waals surface area (Å²) in [5, 5.41) is 0. The minimum absolute atomic E-state index is 0.219. The lowest BCUT2D eigenvalue weighted by atomic mass is 9.67. The second-order valence-electron chi connectivity index (χ2n) is 8.82. The molecule has 2 aliphatic rings. The van der Waals surface area contributed by atoms with Crippen molar-refractivity contribution in [1.82, 2.24) is 0 Å². The van der Waals surface area contributed by atoms with Crippen molar-refractivity contribution < 1.29 is 14.3 Å². The van der Waals surface area contributed by atoms with Gasteiger partial charge in [0.05, 0.1) is 0 Å². The van der Waals surface area contributed by atoms with Gasteiger partial charge in [-0.3, -0.25) is 4.79 Å². The molecule has 1 heterocycles. The largest absolute Gasteiger partial charge is 0.487 e. The number of carbonyl (C=O) groups excluding carboxylic acids is 1. The van der Waals surface area contributed by atoms with Crippen LogP contribution in [-0.2, 0) is 11.2 Å². The van der Waals surface area contributed by atoms with Gasteiger partial charge in [-0.15, -0.1) is 0 Å². The van der Waals surface area contributed by atoms with E-state index in [1.165, 1.54) is 37.3 Å². The molecule has 3 rings (SSSR count). The summed E-state index contributed by atoms with van der Waals surface area (Å²) in [6, 6.07) is 4.28. The average molecular weight is 371 g/mol. The number of unbranched alkanes of at least 4 members (excludes halogenated alkanes) is 3. The summed E-state index contributed by atoms with van der Waals surface area (Å²) in [5.74, 6) is 2.12. The molecule has 1 aromatic rings. The first kappa shape index (κ1) is 20.0. The van der Waals surface area contributed by atoms with E-state index in [9.17, 15) is 4.79 Å². The van der Waals surface area contributed by atoms with Gasteiger partial charge in [0, 0.05) is 24.3 Å². The van der Waals surface area contributed by atoms with E-state index in [1.807, 2.05) is 0 Å². The average Bonchev–Trinajstić information content (AvgIpc) is 2.57. The van der Waals surface area contributed by atoms with Crippen molar-refractivity contribution in [3.63, 3.8) is 0 Å². The van der Waals surface area contributed by atoms with Crippen LogP contribution in [0.4, 0.5) is 0 Å². The van der Waals surface area contributed by atoms with Crippen molar-refractivity contribution in [2.75, 3.05) is 0 Å². The van der Waals surface area contributed by atoms with Crippen LogP contribution >= 0.6 is 0 Å². The van der Waals surface area contributed by atoms with Crippen LogP contribution in [0.5, 0.6) is 11.5 Å². The Balaban J connectivity index is 1.99. The van der Waals surface area contributed by atoms with Crippen LogP contribution in [0.15, 0.2) is 23.8 Å². The van der Waals surface area contributed by atoms with Gasteiger partial charge in [-0.25, -0.2) is 0 Å². The number of hydrogen-bond donors (Lipinski definition) is 0. The quantitative estimate of drug-likeness (QED) is 0.253. The number of benzene rings is 1. The van der Waals surface area contributed by atoms with E-state index in [2.05, 4.69) is 45.9 Å². The molecule has 0 N–H and O–H groups in total. The van der Waals surface area contributed by atoms with Crippen molar-refractivity contribution in [3.8, 4) is 11.5 Å². The van der Waals surface area contributed by atoms with Crippen LogP contribution in [0.3, 0.4) is 0 Å². The van der Waals surface area contributed by atoms with Gasteiger partial charge in [0.2, 0.25) is 0 Å². The van der Waals surface area contributed by atoms with E-state index in [4.69, 9.17) is 9.47 Å². The summed E-state index contributed by atoms with van der Waals surface area (Å²) in [6.07, 6.45) is 10.2. The lowest BCUT2D eigenvalue weighted by Gasteiger charge is -2.47. The third-order valence-corrected chi connectivity index (χ3v) is 6.12. The Morgan fingerprint density at radius 3 is 2.74 bits per heavy atom. The zero-order chi connectivity index (χ0) is 19.6. The third-order valence-electron chi connectivity index (χ3n) is 6.12. The molecule has 0 amide bonds. The zero-order valence-electron chi connectivity index (χ0n) is 17.6. The fourth-order valence-corrected chi connectivity index (χ4v) is 4.74. The van der Waals surface area contributed by atoms with Crippen LogP contribution in [0.1, 0.15) is 90.2 Å². The highest BCUT2D eigenvalue weighted by Crippen LogP contribution is 2.54. The van der Waals surface area contributed by atoms with Gasteiger partial charge in [0.1, 0.15) is 17.1 Å². The molecule has 3 heteroatoms. The number of hydrogen-bond acceptors (Lipinski definition) is 3. The van der Waals surface area contributed by atoms with Gasteiger partial charge in [0.25, 0.3) is 0 Å². The lowest BCUT2D eigenvalue weighted by molar-refractivity contribution is -0.132. The monoisotopic (exact) mass is 370 g/mol. The first-order valence-electron chi connectivity index (χ1n) is 10.5. The van der Waals surface area contributed by atoms with Gasteiger partial charge in [-0.05, 0) is 64.2 Å². The number of rotatable bonds is 6. The molecule has 1 aliphatic carbocycles. The molecule has 2 atom stereocenters. The number of ether oxygens (including phenoxy) is 2. The third kappa shape index (κ3) is 4.39. The Labute approximate surface area is 164 Å². The van der Waals surface area contributed by atoms with Crippen LogP contribution in [0.2, 0.25) is 0 Å². The lowest BCUT2D eigenvalue weighted by Crippen LogP contribution is -2.45. The van der Waals surface area contributed by atoms with Gasteiger partial charge in [0.15, 0.2) is 0 Å². The standard InChI is InChI=1S/C24H34O3/c1-6-7-8-9-10-18-14-21(26-17(3)25)23-19-13-16(2)11-12-20(19)24(4,5)27-22(23)15-18/h11,14-15,19-20H,6-10,12-13H2,1-5H3/t19-,20-/m1/s1. The molecule has 0 fully saturated rings. The molecule has 0 saturated carbocycles. The fourth-order valence-electron chi connectivity index (χ4n) is 4.74. The molecule has 27 heavy (non-hydrogen) atoms. The van der Waals surface area contributed by atoms with Gasteiger partial charge < -0.3 is 9.47 Å². The van der Waals surface area contributed by atoms with Gasteiger partial charge in [-0.2, -0.15) is 0 Å². The molecular formula is C24H34O3. The van der Waals surface area contributed by atoms with Crippen LogP contribution in [-0.4, -0.2) is 11.6 Å². The maximum atomic E-state index is 11.8. The summed E-state index contributed by atoms with van der Waals surface area (Å²) in [7, 11) is 0. The minimum atomic E-state index is -0.259. The molecule has 0 radical (unpaired) electrons. The van der Waals surface area contributed by atoms with Crippen molar-refractivity contribution >= 4 is 5.97 Å². The fraction of sp³-hybridized carbons (Fsp3) is 0.625. The Bertz CT molecular complexity index is 729. The summed E-state index contributed by atoms with van der Waals surface area (Å²) < 4.78 is 12.2. The second-order valence-corrected chi connectivity index (χ2v) is 8.82. The molecular weight excluding hydrogens is 336 g/mol. The highest BCUT2D eigenvalue weighted by atomic mass is 16.5. The van der Waals surface area contributed by atoms with E-state index >= 15 is 0 Å². The summed E-state index contributed by atoms with van der Waals surface area (Å²) in [6.45, 7) is 10.3. The molecule has 0 bridgehead atoms. The molecule has 0 unspecified atom stereocenters. The Morgan fingerprint density at radius 2 is 2.04 bits per heavy atom. The zero-order valence-corrected chi connectivity index (χ0v) is 17.6. The van der Waals surface area contributed by atoms with Crippen molar-refractivity contribution in [3.05, 3.63) is 34.9 Å². The van der Waals surface area contributed by atoms with E-state index in [0.717, 1.165) is 37.0 Å². The normalized spacial score (nSPS) is 22.9. The van der Waals surface area contributed by atoms with E-state index in [1.54, 1.807) is 0 Å². The predicted octanol–water partition coefficient (Wildman–Crippen LogP) is 6.35. The first-order valence-corrected chi connectivity index (χ1v) is 10.5. The number of aryl methyl sites for hydroxylation is 1. The van der Waals surface area contributed by atoms with Crippen LogP contribution in [0.25, 0.3) is 0 Å². The predicted molar refractivity (Wildman–Crippen MR) is 110 cm³/mol. The van der Waals surface area contributed by atoms with E-state index < -0.39 is 0 Å². The molecule has 148 valence electrons. The molecule has 1 aliphatic heterocycles. The van der Waals surface area contributed by atoms with E-state index in [0.29, 0.717) is 17.6 Å². The highest BCUT2D eigenvalue weighted by molar-refractivity contribution is 5.71. The number of esters is 1. The van der Waals surface area contributed by atoms with Crippen LogP contribution in [0, 0.1) is 5.92 Å². The number of fused-ring (bicyclic) bond motifs is 3. The topological polar surface area (TPSA) is 35.5 Å². The highest BCUT2D eigenvalue weighted by Gasteiger charge is 2.46. The van der Waals surface area contributed by atoms with Crippen LogP contribution < -0.4 is 9.47 Å². The van der Waals surface area contributed by atoms with Gasteiger partial charge >= 0.3 is 5.97 Å². The Morgan fingerprint density at radius 1 is 1.26 bits per heavy atom. The first-order chi connectivity index (χ1) is 12.8. The maximum absolute atomic E-state index is 11.8. The smallest absolute Gasteiger partial charge is 0.308 e. The van der Waals surface area contributed by atoms with E-state index in [-0.39, 0.29) is 11.6 Å². The molecule has 0 saturated heterocycles. The molecule has 0 spiro atoms. The molecule has 1 aromatic carbocycles. The van der Waals surface area contributed by atoms with Crippen molar-refractivity contribution in [2.24, 2.45) is 5.92 Å². The maximum Gasteiger partial charge on any atom is 0.308 e. The van der Waals surface area contributed by atoms with Crippen molar-refractivity contribution in [2.45, 2.75) is 91.1 Å². The number of carbonyl (C=O) groups is 1.